The molecule has 2 aliphatic carbocycles. The van der Waals surface area contributed by atoms with Crippen molar-refractivity contribution in [2.75, 3.05) is 7.11 Å². The Morgan fingerprint density at radius 2 is 1.94 bits per heavy atom. The van der Waals surface area contributed by atoms with Gasteiger partial charge >= 0.3 is 0 Å². The lowest BCUT2D eigenvalue weighted by molar-refractivity contribution is -0.116. The normalized spacial score (nSPS) is 27.9. The summed E-state index contributed by atoms with van der Waals surface area (Å²) < 4.78 is 5.61. The summed E-state index contributed by atoms with van der Waals surface area (Å²) in [5.41, 5.74) is 4.67. The van der Waals surface area contributed by atoms with Crippen LogP contribution in [0.4, 0.5) is 0 Å². The minimum Gasteiger partial charge on any atom is -0.496 e. The van der Waals surface area contributed by atoms with Crippen LogP contribution in [0.5, 0.6) is 0 Å². The molecule has 0 N–H and O–H groups in total. The van der Waals surface area contributed by atoms with Crippen LogP contribution in [0.15, 0.2) is 34.1 Å². The lowest BCUT2D eigenvalue weighted by Crippen LogP contribution is -2.29. The molecule has 0 aromatic carbocycles. The highest BCUT2D eigenvalue weighted by Crippen LogP contribution is 2.56. The predicted octanol–water partition coefficient (Wildman–Crippen LogP) is 3.80. The Labute approximate surface area is 109 Å². The number of hydrogen-bond donors (Lipinski definition) is 0. The molecule has 0 aromatic rings. The van der Waals surface area contributed by atoms with Gasteiger partial charge < -0.3 is 4.74 Å². The van der Waals surface area contributed by atoms with E-state index < -0.39 is 0 Å². The third kappa shape index (κ3) is 1.58. The monoisotopic (exact) mass is 246 g/mol. The molecule has 0 bridgehead atoms. The fraction of sp³-hybridized carbons (Fsp3) is 0.562. The van der Waals surface area contributed by atoms with Gasteiger partial charge in [-0.15, -0.1) is 0 Å². The first-order valence-corrected chi connectivity index (χ1v) is 6.54. The van der Waals surface area contributed by atoms with E-state index in [9.17, 15) is 4.79 Å². The molecular weight excluding hydrogens is 224 g/mol. The summed E-state index contributed by atoms with van der Waals surface area (Å²) in [7, 11) is 1.72. The number of hydrogen-bond acceptors (Lipinski definition) is 2. The van der Waals surface area contributed by atoms with E-state index in [0.717, 1.165) is 11.3 Å². The maximum absolute atomic E-state index is 11.9. The average Bonchev–Trinajstić information content (AvgIpc) is 2.44. The first kappa shape index (κ1) is 13.1. The van der Waals surface area contributed by atoms with E-state index in [1.165, 1.54) is 16.7 Å². The number of ketones is 1. The van der Waals surface area contributed by atoms with Crippen molar-refractivity contribution in [3.63, 3.8) is 0 Å². The highest BCUT2D eigenvalue weighted by atomic mass is 16.5. The first-order valence-electron chi connectivity index (χ1n) is 6.54. The molecular formula is C16H22O2. The van der Waals surface area contributed by atoms with E-state index >= 15 is 0 Å². The second-order valence-corrected chi connectivity index (χ2v) is 5.90. The quantitative estimate of drug-likeness (QED) is 0.740. The van der Waals surface area contributed by atoms with Crippen molar-refractivity contribution in [1.29, 1.82) is 0 Å². The molecule has 1 atom stereocenters. The van der Waals surface area contributed by atoms with Crippen molar-refractivity contribution in [2.45, 2.75) is 41.0 Å². The second-order valence-electron chi connectivity index (χ2n) is 5.90. The molecule has 98 valence electrons. The number of carbonyl (C=O) groups is 1. The van der Waals surface area contributed by atoms with Gasteiger partial charge in [0, 0.05) is 17.4 Å². The Morgan fingerprint density at radius 3 is 2.44 bits per heavy atom. The number of methoxy groups -OCH3 is 1. The summed E-state index contributed by atoms with van der Waals surface area (Å²) in [4.78, 5) is 11.9. The minimum absolute atomic E-state index is 0.167. The zero-order valence-electron chi connectivity index (χ0n) is 12.2. The van der Waals surface area contributed by atoms with Crippen LogP contribution in [0.3, 0.4) is 0 Å². The van der Waals surface area contributed by atoms with Crippen molar-refractivity contribution in [3.05, 3.63) is 34.1 Å². The average molecular weight is 246 g/mol. The lowest BCUT2D eigenvalue weighted by Gasteiger charge is -2.36. The van der Waals surface area contributed by atoms with Crippen LogP contribution < -0.4 is 0 Å². The van der Waals surface area contributed by atoms with Gasteiger partial charge in [0.25, 0.3) is 0 Å². The van der Waals surface area contributed by atoms with E-state index in [1.807, 2.05) is 6.92 Å². The predicted molar refractivity (Wildman–Crippen MR) is 73.1 cm³/mol. The van der Waals surface area contributed by atoms with E-state index in [-0.39, 0.29) is 11.2 Å². The Balaban J connectivity index is 2.71. The largest absolute Gasteiger partial charge is 0.496 e. The highest BCUT2D eigenvalue weighted by molar-refractivity contribution is 5.95. The minimum atomic E-state index is -0.167. The molecule has 2 aliphatic rings. The van der Waals surface area contributed by atoms with Crippen LogP contribution in [0, 0.1) is 11.3 Å². The first-order chi connectivity index (χ1) is 8.32. The highest BCUT2D eigenvalue weighted by Gasteiger charge is 2.47. The summed E-state index contributed by atoms with van der Waals surface area (Å²) in [6.45, 7) is 10.7. The van der Waals surface area contributed by atoms with E-state index in [4.69, 9.17) is 4.74 Å². The van der Waals surface area contributed by atoms with Gasteiger partial charge in [-0.05, 0) is 37.0 Å². The lowest BCUT2D eigenvalue weighted by atomic mass is 9.66. The van der Waals surface area contributed by atoms with Crippen LogP contribution >= 0.6 is 0 Å². The molecule has 18 heavy (non-hydrogen) atoms. The molecule has 0 fully saturated rings. The van der Waals surface area contributed by atoms with Crippen LogP contribution in [0.1, 0.15) is 41.0 Å². The smallest absolute Gasteiger partial charge is 0.157 e. The number of carbonyl (C=O) groups excluding carboxylic acids is 1. The van der Waals surface area contributed by atoms with Gasteiger partial charge in [-0.2, -0.15) is 0 Å². The maximum atomic E-state index is 11.9. The fourth-order valence-corrected chi connectivity index (χ4v) is 3.95. The standard InChI is InChI=1S/C16H22O2/c1-9(2)13-11(4)15(18-6)14-10(3)7-12(17)8-16(13,14)5/h7,9H,8H2,1-6H3/t16-/m1/s1. The summed E-state index contributed by atoms with van der Waals surface area (Å²) in [5.74, 6) is 1.63. The fourth-order valence-electron chi connectivity index (χ4n) is 3.95. The summed E-state index contributed by atoms with van der Waals surface area (Å²) in [6, 6.07) is 0. The van der Waals surface area contributed by atoms with Gasteiger partial charge in [-0.25, -0.2) is 0 Å². The molecule has 2 nitrogen and oxygen atoms in total. The molecule has 0 saturated carbocycles. The Kier molecular flexibility index (Phi) is 3.00. The van der Waals surface area contributed by atoms with Gasteiger partial charge in [0.05, 0.1) is 7.11 Å². The van der Waals surface area contributed by atoms with Crippen molar-refractivity contribution in [3.8, 4) is 0 Å². The molecule has 0 aliphatic heterocycles. The summed E-state index contributed by atoms with van der Waals surface area (Å²) >= 11 is 0. The van der Waals surface area contributed by atoms with Gasteiger partial charge in [0.1, 0.15) is 5.76 Å². The Hall–Kier alpha value is -1.31. The molecule has 0 spiro atoms. The van der Waals surface area contributed by atoms with Gasteiger partial charge in [-0.3, -0.25) is 4.79 Å². The molecule has 0 amide bonds. The summed E-state index contributed by atoms with van der Waals surface area (Å²) in [5, 5.41) is 0. The number of fused-ring (bicyclic) bond motifs is 1. The van der Waals surface area contributed by atoms with E-state index in [1.54, 1.807) is 13.2 Å². The van der Waals surface area contributed by atoms with Crippen LogP contribution in [0.25, 0.3) is 0 Å². The van der Waals surface area contributed by atoms with Gasteiger partial charge in [0.2, 0.25) is 0 Å². The Bertz CT molecular complexity index is 503. The number of allylic oxidation sites excluding steroid dienone is 5. The van der Waals surface area contributed by atoms with Crippen molar-refractivity contribution >= 4 is 5.78 Å². The molecule has 0 unspecified atom stereocenters. The van der Waals surface area contributed by atoms with Crippen LogP contribution in [0.2, 0.25) is 0 Å². The third-order valence-corrected chi connectivity index (χ3v) is 4.20. The van der Waals surface area contributed by atoms with Gasteiger partial charge in [0.15, 0.2) is 5.78 Å². The molecule has 0 radical (unpaired) electrons. The number of rotatable bonds is 2. The topological polar surface area (TPSA) is 26.3 Å². The zero-order chi connectivity index (χ0) is 13.7. The van der Waals surface area contributed by atoms with Gasteiger partial charge in [-0.1, -0.05) is 26.3 Å². The molecule has 0 saturated heterocycles. The van der Waals surface area contributed by atoms with Crippen LogP contribution in [-0.4, -0.2) is 12.9 Å². The third-order valence-electron chi connectivity index (χ3n) is 4.20. The SMILES string of the molecule is COC1=C2C(C)=CC(=O)C[C@]2(C)C(C(C)C)=C1C. The van der Waals surface area contributed by atoms with Crippen LogP contribution in [-0.2, 0) is 9.53 Å². The maximum Gasteiger partial charge on any atom is 0.157 e. The van der Waals surface area contributed by atoms with Crippen molar-refractivity contribution in [2.24, 2.45) is 11.3 Å². The molecule has 0 heterocycles. The summed E-state index contributed by atoms with van der Waals surface area (Å²) in [6.07, 6.45) is 2.32. The second kappa shape index (κ2) is 4.11. The molecule has 2 rings (SSSR count). The van der Waals surface area contributed by atoms with Crippen molar-refractivity contribution < 1.29 is 9.53 Å². The van der Waals surface area contributed by atoms with E-state index in [2.05, 4.69) is 27.7 Å². The Morgan fingerprint density at radius 1 is 1.33 bits per heavy atom. The van der Waals surface area contributed by atoms with E-state index in [0.29, 0.717) is 12.3 Å². The van der Waals surface area contributed by atoms with Crippen molar-refractivity contribution in [1.82, 2.24) is 0 Å². The number of ether oxygens (including phenoxy) is 1. The molecule has 0 aromatic heterocycles. The zero-order valence-corrected chi connectivity index (χ0v) is 12.2. The molecule has 2 heteroatoms.